The van der Waals surface area contributed by atoms with Gasteiger partial charge in [0.1, 0.15) is 17.4 Å². The van der Waals surface area contributed by atoms with Crippen LogP contribution in [0, 0.1) is 11.3 Å². The van der Waals surface area contributed by atoms with E-state index in [0.29, 0.717) is 17.9 Å². The van der Waals surface area contributed by atoms with Crippen molar-refractivity contribution in [3.8, 4) is 11.8 Å². The molecule has 0 atom stereocenters. The zero-order valence-electron chi connectivity index (χ0n) is 14.6. The van der Waals surface area contributed by atoms with Gasteiger partial charge in [-0.3, -0.25) is 4.79 Å². The quantitative estimate of drug-likeness (QED) is 0.595. The fourth-order valence-corrected chi connectivity index (χ4v) is 2.39. The van der Waals surface area contributed by atoms with Crippen molar-refractivity contribution in [3.63, 3.8) is 0 Å². The van der Waals surface area contributed by atoms with E-state index >= 15 is 0 Å². The second-order valence-electron chi connectivity index (χ2n) is 5.52. The van der Waals surface area contributed by atoms with Crippen molar-refractivity contribution in [1.29, 1.82) is 5.26 Å². The summed E-state index contributed by atoms with van der Waals surface area (Å²) in [6.45, 7) is 4.63. The van der Waals surface area contributed by atoms with Gasteiger partial charge < -0.3 is 10.1 Å². The van der Waals surface area contributed by atoms with Crippen molar-refractivity contribution in [2.45, 2.75) is 26.7 Å². The summed E-state index contributed by atoms with van der Waals surface area (Å²) in [5.41, 5.74) is 2.51. The van der Waals surface area contributed by atoms with Gasteiger partial charge in [-0.05, 0) is 36.6 Å². The molecule has 2 aromatic rings. The van der Waals surface area contributed by atoms with Crippen LogP contribution < -0.4 is 10.1 Å². The number of hydrogen-bond donors (Lipinski definition) is 1. The fraction of sp³-hybridized carbons (Fsp3) is 0.238. The first kappa shape index (κ1) is 18.3. The van der Waals surface area contributed by atoms with Gasteiger partial charge in [-0.15, -0.1) is 0 Å². The van der Waals surface area contributed by atoms with E-state index in [4.69, 9.17) is 4.74 Å². The average Bonchev–Trinajstić information content (AvgIpc) is 2.65. The SMILES string of the molecule is CCCOc1ccccc1/C=C(\C#N)C(=O)Nc1ccccc1CC. The minimum absolute atomic E-state index is 0.0402. The molecule has 128 valence electrons. The largest absolute Gasteiger partial charge is 0.493 e. The zero-order chi connectivity index (χ0) is 18.1. The number of carbonyl (C=O) groups excluding carboxylic acids is 1. The molecule has 1 amide bonds. The summed E-state index contributed by atoms with van der Waals surface area (Å²) >= 11 is 0. The molecule has 0 fully saturated rings. The number of ether oxygens (including phenoxy) is 1. The maximum absolute atomic E-state index is 12.5. The average molecular weight is 334 g/mol. The Kier molecular flexibility index (Phi) is 6.79. The van der Waals surface area contributed by atoms with E-state index in [1.54, 1.807) is 6.08 Å². The van der Waals surface area contributed by atoms with Crippen molar-refractivity contribution in [1.82, 2.24) is 0 Å². The van der Waals surface area contributed by atoms with Crippen LogP contribution in [0.25, 0.3) is 6.08 Å². The highest BCUT2D eigenvalue weighted by Crippen LogP contribution is 2.22. The van der Waals surface area contributed by atoms with E-state index in [0.717, 1.165) is 24.1 Å². The molecule has 0 bridgehead atoms. The Morgan fingerprint density at radius 3 is 2.60 bits per heavy atom. The fourth-order valence-electron chi connectivity index (χ4n) is 2.39. The summed E-state index contributed by atoms with van der Waals surface area (Å²) in [6, 6.07) is 16.9. The van der Waals surface area contributed by atoms with Crippen molar-refractivity contribution in [2.24, 2.45) is 0 Å². The van der Waals surface area contributed by atoms with Gasteiger partial charge in [-0.1, -0.05) is 50.2 Å². The summed E-state index contributed by atoms with van der Waals surface area (Å²) in [7, 11) is 0. The number of nitriles is 1. The third-order valence-electron chi connectivity index (χ3n) is 3.69. The molecular weight excluding hydrogens is 312 g/mol. The lowest BCUT2D eigenvalue weighted by atomic mass is 10.1. The van der Waals surface area contributed by atoms with E-state index in [1.165, 1.54) is 0 Å². The van der Waals surface area contributed by atoms with Crippen LogP contribution in [-0.2, 0) is 11.2 Å². The Balaban J connectivity index is 2.26. The molecule has 2 aromatic carbocycles. The van der Waals surface area contributed by atoms with Crippen LogP contribution in [0.5, 0.6) is 5.75 Å². The number of nitrogens with one attached hydrogen (secondary N) is 1. The second kappa shape index (κ2) is 9.29. The summed E-state index contributed by atoms with van der Waals surface area (Å²) < 4.78 is 5.68. The van der Waals surface area contributed by atoms with Crippen molar-refractivity contribution >= 4 is 17.7 Å². The lowest BCUT2D eigenvalue weighted by Crippen LogP contribution is -2.14. The molecule has 4 heteroatoms. The lowest BCUT2D eigenvalue weighted by Gasteiger charge is -2.10. The molecule has 0 saturated carbocycles. The van der Waals surface area contributed by atoms with Crippen LogP contribution in [0.3, 0.4) is 0 Å². The molecule has 0 aliphatic heterocycles. The number of carbonyl (C=O) groups is 1. The lowest BCUT2D eigenvalue weighted by molar-refractivity contribution is -0.112. The molecule has 0 saturated heterocycles. The van der Waals surface area contributed by atoms with Gasteiger partial charge >= 0.3 is 0 Å². The number of benzene rings is 2. The van der Waals surface area contributed by atoms with E-state index in [9.17, 15) is 10.1 Å². The molecule has 4 nitrogen and oxygen atoms in total. The molecule has 0 aliphatic carbocycles. The zero-order valence-corrected chi connectivity index (χ0v) is 14.6. The van der Waals surface area contributed by atoms with Gasteiger partial charge in [0, 0.05) is 11.3 Å². The highest BCUT2D eigenvalue weighted by Gasteiger charge is 2.12. The Hall–Kier alpha value is -3.06. The molecular formula is C21H22N2O2. The minimum Gasteiger partial charge on any atom is -0.493 e. The van der Waals surface area contributed by atoms with E-state index in [2.05, 4.69) is 5.32 Å². The number of para-hydroxylation sites is 2. The number of nitrogens with zero attached hydrogens (tertiary/aromatic N) is 1. The summed E-state index contributed by atoms with van der Waals surface area (Å²) in [5.74, 6) is 0.243. The van der Waals surface area contributed by atoms with Crippen LogP contribution in [0.15, 0.2) is 54.1 Å². The van der Waals surface area contributed by atoms with Crippen molar-refractivity contribution in [2.75, 3.05) is 11.9 Å². The van der Waals surface area contributed by atoms with Gasteiger partial charge in [0.2, 0.25) is 0 Å². The van der Waals surface area contributed by atoms with Gasteiger partial charge in [-0.25, -0.2) is 0 Å². The molecule has 25 heavy (non-hydrogen) atoms. The minimum atomic E-state index is -0.423. The predicted molar refractivity (Wildman–Crippen MR) is 100 cm³/mol. The highest BCUT2D eigenvalue weighted by molar-refractivity contribution is 6.10. The molecule has 0 heterocycles. The smallest absolute Gasteiger partial charge is 0.266 e. The highest BCUT2D eigenvalue weighted by atomic mass is 16.5. The molecule has 0 aliphatic rings. The van der Waals surface area contributed by atoms with Crippen LogP contribution in [0.4, 0.5) is 5.69 Å². The summed E-state index contributed by atoms with van der Waals surface area (Å²) in [6.07, 6.45) is 3.25. The third kappa shape index (κ3) is 4.95. The molecule has 0 spiro atoms. The maximum Gasteiger partial charge on any atom is 0.266 e. The van der Waals surface area contributed by atoms with Crippen LogP contribution in [-0.4, -0.2) is 12.5 Å². The third-order valence-corrected chi connectivity index (χ3v) is 3.69. The molecule has 0 unspecified atom stereocenters. The Morgan fingerprint density at radius 2 is 1.88 bits per heavy atom. The molecule has 1 N–H and O–H groups in total. The van der Waals surface area contributed by atoms with Crippen molar-refractivity contribution in [3.05, 3.63) is 65.2 Å². The normalized spacial score (nSPS) is 10.8. The molecule has 2 rings (SSSR count). The van der Waals surface area contributed by atoms with E-state index in [1.807, 2.05) is 68.4 Å². The summed E-state index contributed by atoms with van der Waals surface area (Å²) in [5, 5.41) is 12.2. The first-order valence-electron chi connectivity index (χ1n) is 8.42. The second-order valence-corrected chi connectivity index (χ2v) is 5.52. The van der Waals surface area contributed by atoms with Gasteiger partial charge in [-0.2, -0.15) is 5.26 Å². The Morgan fingerprint density at radius 1 is 1.16 bits per heavy atom. The molecule has 0 aromatic heterocycles. The van der Waals surface area contributed by atoms with Crippen LogP contribution >= 0.6 is 0 Å². The first-order chi connectivity index (χ1) is 12.2. The number of rotatable bonds is 7. The Bertz CT molecular complexity index is 804. The topological polar surface area (TPSA) is 62.1 Å². The van der Waals surface area contributed by atoms with E-state index in [-0.39, 0.29) is 5.57 Å². The predicted octanol–water partition coefficient (Wildman–Crippen LogP) is 4.58. The van der Waals surface area contributed by atoms with Gasteiger partial charge in [0.05, 0.1) is 6.61 Å². The number of amides is 1. The summed E-state index contributed by atoms with van der Waals surface area (Å²) in [4.78, 5) is 12.5. The first-order valence-corrected chi connectivity index (χ1v) is 8.42. The standard InChI is InChI=1S/C21H22N2O2/c1-3-13-25-20-12-8-6-10-17(20)14-18(15-22)21(24)23-19-11-7-5-9-16(19)4-2/h5-12,14H,3-4,13H2,1-2H3,(H,23,24)/b18-14+. The maximum atomic E-state index is 12.5. The Labute approximate surface area is 148 Å². The van der Waals surface area contributed by atoms with Crippen molar-refractivity contribution < 1.29 is 9.53 Å². The van der Waals surface area contributed by atoms with Crippen LogP contribution in [0.2, 0.25) is 0 Å². The number of aryl methyl sites for hydroxylation is 1. The molecule has 0 radical (unpaired) electrons. The van der Waals surface area contributed by atoms with Gasteiger partial charge in [0.15, 0.2) is 0 Å². The van der Waals surface area contributed by atoms with Crippen LogP contribution in [0.1, 0.15) is 31.4 Å². The van der Waals surface area contributed by atoms with Gasteiger partial charge in [0.25, 0.3) is 5.91 Å². The number of anilines is 1. The van der Waals surface area contributed by atoms with E-state index < -0.39 is 5.91 Å². The monoisotopic (exact) mass is 334 g/mol. The number of hydrogen-bond acceptors (Lipinski definition) is 3.